The highest BCUT2D eigenvalue weighted by Gasteiger charge is 2.46. The van der Waals surface area contributed by atoms with E-state index >= 15 is 0 Å². The van der Waals surface area contributed by atoms with Crippen molar-refractivity contribution < 1.29 is 22.0 Å². The standard InChI is InChI=1S/C24H30F2N2O3S/c1-4-27(17-18(2)3)23(29)24(19-8-6-5-7-9-19)12-14-28(15-13-24)32(30,31)20-10-11-21(25)22(26)16-20/h5-11,16,18H,4,12-15,17H2,1-3H3. The fraction of sp³-hybridized carbons (Fsp3) is 0.458. The van der Waals surface area contributed by atoms with Crippen LogP contribution in [0.5, 0.6) is 0 Å². The number of nitrogens with zero attached hydrogens (tertiary/aromatic N) is 2. The number of carbonyl (C=O) groups excluding carboxylic acids is 1. The van der Waals surface area contributed by atoms with Crippen molar-refractivity contribution in [2.24, 2.45) is 5.92 Å². The Hall–Kier alpha value is -2.32. The summed E-state index contributed by atoms with van der Waals surface area (Å²) in [7, 11) is -4.00. The van der Waals surface area contributed by atoms with Crippen molar-refractivity contribution >= 4 is 15.9 Å². The van der Waals surface area contributed by atoms with Gasteiger partial charge in [-0.1, -0.05) is 44.2 Å². The first-order chi connectivity index (χ1) is 15.1. The zero-order chi connectivity index (χ0) is 23.5. The van der Waals surface area contributed by atoms with Crippen molar-refractivity contribution in [1.29, 1.82) is 0 Å². The number of carbonyl (C=O) groups is 1. The van der Waals surface area contributed by atoms with Crippen LogP contribution in [0.2, 0.25) is 0 Å². The van der Waals surface area contributed by atoms with Gasteiger partial charge in [0, 0.05) is 26.2 Å². The molecule has 2 aromatic carbocycles. The highest BCUT2D eigenvalue weighted by Crippen LogP contribution is 2.39. The maximum absolute atomic E-state index is 13.8. The molecular formula is C24H30F2N2O3S. The number of hydrogen-bond donors (Lipinski definition) is 0. The number of hydrogen-bond acceptors (Lipinski definition) is 3. The number of benzene rings is 2. The zero-order valence-corrected chi connectivity index (χ0v) is 19.5. The SMILES string of the molecule is CCN(CC(C)C)C(=O)C1(c2ccccc2)CCN(S(=O)(=O)c2ccc(F)c(F)c2)CC1. The van der Waals surface area contributed by atoms with Gasteiger partial charge in [-0.15, -0.1) is 0 Å². The normalized spacial score (nSPS) is 16.8. The van der Waals surface area contributed by atoms with Crippen LogP contribution in [0.25, 0.3) is 0 Å². The third kappa shape index (κ3) is 4.71. The van der Waals surface area contributed by atoms with Gasteiger partial charge in [-0.2, -0.15) is 4.31 Å². The average Bonchev–Trinajstić information content (AvgIpc) is 2.79. The Labute approximate surface area is 189 Å². The number of amides is 1. The molecule has 0 N–H and O–H groups in total. The number of piperidine rings is 1. The molecule has 1 aliphatic heterocycles. The Morgan fingerprint density at radius 2 is 1.69 bits per heavy atom. The minimum absolute atomic E-state index is 0.00442. The predicted molar refractivity (Wildman–Crippen MR) is 120 cm³/mol. The molecule has 1 saturated heterocycles. The molecule has 0 atom stereocenters. The van der Waals surface area contributed by atoms with E-state index in [0.29, 0.717) is 37.9 Å². The summed E-state index contributed by atoms with van der Waals surface area (Å²) < 4.78 is 54.3. The van der Waals surface area contributed by atoms with E-state index in [-0.39, 0.29) is 23.9 Å². The lowest BCUT2D eigenvalue weighted by atomic mass is 9.72. The second-order valence-corrected chi connectivity index (χ2v) is 10.6. The van der Waals surface area contributed by atoms with Gasteiger partial charge in [-0.25, -0.2) is 17.2 Å². The lowest BCUT2D eigenvalue weighted by molar-refractivity contribution is -0.139. The fourth-order valence-corrected chi connectivity index (χ4v) is 5.83. The van der Waals surface area contributed by atoms with E-state index in [9.17, 15) is 22.0 Å². The largest absolute Gasteiger partial charge is 0.342 e. The van der Waals surface area contributed by atoms with Gasteiger partial charge in [-0.05, 0) is 49.4 Å². The van der Waals surface area contributed by atoms with Gasteiger partial charge < -0.3 is 4.90 Å². The first-order valence-electron chi connectivity index (χ1n) is 10.9. The first-order valence-corrected chi connectivity index (χ1v) is 12.4. The van der Waals surface area contributed by atoms with Crippen molar-refractivity contribution in [3.63, 3.8) is 0 Å². The Morgan fingerprint density at radius 1 is 1.06 bits per heavy atom. The van der Waals surface area contributed by atoms with Crippen LogP contribution in [0.1, 0.15) is 39.2 Å². The third-order valence-electron chi connectivity index (χ3n) is 6.10. The van der Waals surface area contributed by atoms with E-state index in [0.717, 1.165) is 17.7 Å². The molecule has 174 valence electrons. The van der Waals surface area contributed by atoms with Gasteiger partial charge >= 0.3 is 0 Å². The summed E-state index contributed by atoms with van der Waals surface area (Å²) in [5, 5.41) is 0. The lowest BCUT2D eigenvalue weighted by Crippen LogP contribution is -2.54. The van der Waals surface area contributed by atoms with Crippen LogP contribution in [-0.2, 0) is 20.2 Å². The Kier molecular flexibility index (Phi) is 7.35. The van der Waals surface area contributed by atoms with E-state index in [2.05, 4.69) is 13.8 Å². The van der Waals surface area contributed by atoms with Crippen molar-refractivity contribution in [2.75, 3.05) is 26.2 Å². The summed E-state index contributed by atoms with van der Waals surface area (Å²) in [5.41, 5.74) is 0.0451. The van der Waals surface area contributed by atoms with Crippen LogP contribution in [0.15, 0.2) is 53.4 Å². The highest BCUT2D eigenvalue weighted by atomic mass is 32.2. The molecule has 5 nitrogen and oxygen atoms in total. The fourth-order valence-electron chi connectivity index (χ4n) is 4.38. The maximum atomic E-state index is 13.8. The van der Waals surface area contributed by atoms with Crippen molar-refractivity contribution in [2.45, 2.75) is 43.9 Å². The summed E-state index contributed by atoms with van der Waals surface area (Å²) in [5.74, 6) is -1.99. The molecule has 1 aliphatic rings. The van der Waals surface area contributed by atoms with Crippen molar-refractivity contribution in [1.82, 2.24) is 9.21 Å². The molecule has 1 heterocycles. The molecule has 2 aromatic rings. The zero-order valence-electron chi connectivity index (χ0n) is 18.7. The minimum atomic E-state index is -4.00. The molecule has 0 bridgehead atoms. The van der Waals surface area contributed by atoms with E-state index in [1.807, 2.05) is 42.2 Å². The second kappa shape index (κ2) is 9.67. The topological polar surface area (TPSA) is 57.7 Å². The van der Waals surface area contributed by atoms with Crippen LogP contribution in [-0.4, -0.2) is 49.7 Å². The minimum Gasteiger partial charge on any atom is -0.342 e. The maximum Gasteiger partial charge on any atom is 0.243 e. The molecule has 0 saturated carbocycles. The molecule has 3 rings (SSSR count). The summed E-state index contributed by atoms with van der Waals surface area (Å²) in [6.45, 7) is 7.48. The van der Waals surface area contributed by atoms with E-state index < -0.39 is 27.1 Å². The number of sulfonamides is 1. The molecule has 0 spiro atoms. The highest BCUT2D eigenvalue weighted by molar-refractivity contribution is 7.89. The lowest BCUT2D eigenvalue weighted by Gasteiger charge is -2.43. The van der Waals surface area contributed by atoms with Crippen molar-refractivity contribution in [3.8, 4) is 0 Å². The van der Waals surface area contributed by atoms with Gasteiger partial charge in [0.15, 0.2) is 11.6 Å². The molecule has 8 heteroatoms. The Bertz CT molecular complexity index is 1050. The molecular weight excluding hydrogens is 434 g/mol. The van der Waals surface area contributed by atoms with Crippen LogP contribution < -0.4 is 0 Å². The van der Waals surface area contributed by atoms with Crippen LogP contribution >= 0.6 is 0 Å². The number of rotatable bonds is 7. The Morgan fingerprint density at radius 3 is 2.22 bits per heavy atom. The quantitative estimate of drug-likeness (QED) is 0.617. The van der Waals surface area contributed by atoms with Crippen molar-refractivity contribution in [3.05, 3.63) is 65.7 Å². The van der Waals surface area contributed by atoms with E-state index in [1.165, 1.54) is 4.31 Å². The molecule has 1 fully saturated rings. The monoisotopic (exact) mass is 464 g/mol. The molecule has 0 aromatic heterocycles. The van der Waals surface area contributed by atoms with Crippen LogP contribution in [0, 0.1) is 17.6 Å². The number of likely N-dealkylation sites (N-methyl/N-ethyl adjacent to an activating group) is 1. The van der Waals surface area contributed by atoms with E-state index in [1.54, 1.807) is 0 Å². The first kappa shape index (κ1) is 24.3. The third-order valence-corrected chi connectivity index (χ3v) is 7.99. The molecule has 0 aliphatic carbocycles. The van der Waals surface area contributed by atoms with Gasteiger partial charge in [0.05, 0.1) is 10.3 Å². The van der Waals surface area contributed by atoms with Gasteiger partial charge in [0.1, 0.15) is 0 Å². The second-order valence-electron chi connectivity index (χ2n) is 8.67. The predicted octanol–water partition coefficient (Wildman–Crippen LogP) is 4.19. The van der Waals surface area contributed by atoms with Gasteiger partial charge in [0.2, 0.25) is 15.9 Å². The summed E-state index contributed by atoms with van der Waals surface area (Å²) in [6.07, 6.45) is 0.626. The van der Waals surface area contributed by atoms with Crippen LogP contribution in [0.4, 0.5) is 8.78 Å². The summed E-state index contributed by atoms with van der Waals surface area (Å²) >= 11 is 0. The summed E-state index contributed by atoms with van der Waals surface area (Å²) in [6, 6.07) is 12.1. The molecule has 0 radical (unpaired) electrons. The molecule has 1 amide bonds. The average molecular weight is 465 g/mol. The smallest absolute Gasteiger partial charge is 0.243 e. The van der Waals surface area contributed by atoms with E-state index in [4.69, 9.17) is 0 Å². The summed E-state index contributed by atoms with van der Waals surface area (Å²) in [4.78, 5) is 15.3. The van der Waals surface area contributed by atoms with Gasteiger partial charge in [-0.3, -0.25) is 4.79 Å². The molecule has 32 heavy (non-hydrogen) atoms. The molecule has 0 unspecified atom stereocenters. The Balaban J connectivity index is 1.91. The van der Waals surface area contributed by atoms with Gasteiger partial charge in [0.25, 0.3) is 0 Å². The number of halogens is 2. The van der Waals surface area contributed by atoms with Crippen LogP contribution in [0.3, 0.4) is 0 Å².